The van der Waals surface area contributed by atoms with E-state index in [1.165, 1.54) is 7.05 Å². The van der Waals surface area contributed by atoms with Gasteiger partial charge < -0.3 is 5.32 Å². The standard InChI is InChI=1S/C14H22N2O3S2/c1-5-11(2)15-14(17)10-16(3)21(18,19)13-8-6-12(20-4)7-9-13/h6-9,11H,5,10H2,1-4H3,(H,15,17). The summed E-state index contributed by atoms with van der Waals surface area (Å²) in [6, 6.07) is 6.67. The van der Waals surface area contributed by atoms with Crippen molar-refractivity contribution in [3.63, 3.8) is 0 Å². The maximum atomic E-state index is 12.4. The van der Waals surface area contributed by atoms with Gasteiger partial charge in [-0.3, -0.25) is 4.79 Å². The summed E-state index contributed by atoms with van der Waals surface area (Å²) in [5, 5.41) is 2.75. The molecule has 1 atom stereocenters. The van der Waals surface area contributed by atoms with Crippen molar-refractivity contribution in [1.82, 2.24) is 9.62 Å². The van der Waals surface area contributed by atoms with E-state index in [2.05, 4.69) is 5.32 Å². The van der Waals surface area contributed by atoms with Gasteiger partial charge in [0.2, 0.25) is 15.9 Å². The summed E-state index contributed by atoms with van der Waals surface area (Å²) in [5.74, 6) is -0.295. The molecule has 0 aliphatic heterocycles. The molecular formula is C14H22N2O3S2. The maximum absolute atomic E-state index is 12.4. The lowest BCUT2D eigenvalue weighted by Gasteiger charge is -2.18. The molecule has 0 aliphatic rings. The van der Waals surface area contributed by atoms with E-state index in [0.29, 0.717) is 0 Å². The van der Waals surface area contributed by atoms with Gasteiger partial charge in [0.25, 0.3) is 0 Å². The smallest absolute Gasteiger partial charge is 0.243 e. The Morgan fingerprint density at radius 1 is 1.33 bits per heavy atom. The SMILES string of the molecule is CCC(C)NC(=O)CN(C)S(=O)(=O)c1ccc(SC)cc1. The highest BCUT2D eigenvalue weighted by Crippen LogP contribution is 2.19. The minimum absolute atomic E-state index is 0.0365. The summed E-state index contributed by atoms with van der Waals surface area (Å²) in [7, 11) is -2.23. The number of carbonyl (C=O) groups is 1. The largest absolute Gasteiger partial charge is 0.353 e. The third-order valence-electron chi connectivity index (χ3n) is 3.15. The highest BCUT2D eigenvalue weighted by Gasteiger charge is 2.23. The molecule has 0 heterocycles. The monoisotopic (exact) mass is 330 g/mol. The zero-order valence-electron chi connectivity index (χ0n) is 12.8. The lowest BCUT2D eigenvalue weighted by Crippen LogP contribution is -2.41. The van der Waals surface area contributed by atoms with Gasteiger partial charge in [0.1, 0.15) is 0 Å². The molecule has 0 saturated heterocycles. The molecule has 1 N–H and O–H groups in total. The van der Waals surface area contributed by atoms with Crippen molar-refractivity contribution in [1.29, 1.82) is 0 Å². The van der Waals surface area contributed by atoms with Crippen LogP contribution in [0.3, 0.4) is 0 Å². The zero-order valence-corrected chi connectivity index (χ0v) is 14.4. The molecule has 0 spiro atoms. The van der Waals surface area contributed by atoms with E-state index in [4.69, 9.17) is 0 Å². The molecule has 1 unspecified atom stereocenters. The Balaban J connectivity index is 2.79. The Morgan fingerprint density at radius 3 is 2.38 bits per heavy atom. The maximum Gasteiger partial charge on any atom is 0.243 e. The van der Waals surface area contributed by atoms with Gasteiger partial charge in [0, 0.05) is 18.0 Å². The van der Waals surface area contributed by atoms with Gasteiger partial charge in [0.15, 0.2) is 0 Å². The molecule has 118 valence electrons. The number of nitrogens with zero attached hydrogens (tertiary/aromatic N) is 1. The summed E-state index contributed by atoms with van der Waals surface area (Å²) in [6.45, 7) is 3.66. The van der Waals surface area contributed by atoms with E-state index >= 15 is 0 Å². The van der Waals surface area contributed by atoms with E-state index in [9.17, 15) is 13.2 Å². The Morgan fingerprint density at radius 2 is 1.90 bits per heavy atom. The quantitative estimate of drug-likeness (QED) is 0.776. The Bertz CT molecular complexity index is 570. The van der Waals surface area contributed by atoms with Crippen LogP contribution in [0.1, 0.15) is 20.3 Å². The van der Waals surface area contributed by atoms with E-state index in [0.717, 1.165) is 15.6 Å². The molecule has 0 aliphatic carbocycles. The van der Waals surface area contributed by atoms with Gasteiger partial charge in [-0.05, 0) is 43.9 Å². The number of nitrogens with one attached hydrogen (secondary N) is 1. The average molecular weight is 330 g/mol. The molecule has 1 aromatic rings. The van der Waals surface area contributed by atoms with Crippen molar-refractivity contribution in [2.75, 3.05) is 19.8 Å². The van der Waals surface area contributed by atoms with Gasteiger partial charge in [-0.1, -0.05) is 6.92 Å². The molecular weight excluding hydrogens is 308 g/mol. The molecule has 21 heavy (non-hydrogen) atoms. The molecule has 7 heteroatoms. The van der Waals surface area contributed by atoms with Gasteiger partial charge in [-0.15, -0.1) is 11.8 Å². The van der Waals surface area contributed by atoms with E-state index in [1.54, 1.807) is 36.0 Å². The minimum atomic E-state index is -3.64. The Hall–Kier alpha value is -1.05. The molecule has 0 aromatic heterocycles. The normalized spacial score (nSPS) is 13.2. The lowest BCUT2D eigenvalue weighted by molar-refractivity contribution is -0.121. The number of thioether (sulfide) groups is 1. The second kappa shape index (κ2) is 7.82. The number of likely N-dealkylation sites (N-methyl/N-ethyl adjacent to an activating group) is 1. The van der Waals surface area contributed by atoms with Crippen molar-refractivity contribution < 1.29 is 13.2 Å². The van der Waals surface area contributed by atoms with Crippen LogP contribution in [0.25, 0.3) is 0 Å². The zero-order chi connectivity index (χ0) is 16.0. The van der Waals surface area contributed by atoms with Crippen LogP contribution >= 0.6 is 11.8 Å². The first kappa shape index (κ1) is 18.0. The van der Waals surface area contributed by atoms with Crippen molar-refractivity contribution in [3.05, 3.63) is 24.3 Å². The van der Waals surface area contributed by atoms with Crippen molar-refractivity contribution in [3.8, 4) is 0 Å². The highest BCUT2D eigenvalue weighted by atomic mass is 32.2. The number of hydrogen-bond acceptors (Lipinski definition) is 4. The Kier molecular flexibility index (Phi) is 6.70. The van der Waals surface area contributed by atoms with Crippen LogP contribution in [0.4, 0.5) is 0 Å². The number of benzene rings is 1. The van der Waals surface area contributed by atoms with Crippen molar-refractivity contribution in [2.45, 2.75) is 36.1 Å². The molecule has 1 amide bonds. The number of amides is 1. The van der Waals surface area contributed by atoms with Gasteiger partial charge in [-0.25, -0.2) is 8.42 Å². The number of sulfonamides is 1. The van der Waals surface area contributed by atoms with Crippen LogP contribution in [0.5, 0.6) is 0 Å². The van der Waals surface area contributed by atoms with Crippen LogP contribution in [0.15, 0.2) is 34.1 Å². The molecule has 0 fully saturated rings. The highest BCUT2D eigenvalue weighted by molar-refractivity contribution is 7.98. The van der Waals surface area contributed by atoms with E-state index in [1.807, 2.05) is 20.1 Å². The molecule has 1 rings (SSSR count). The molecule has 1 aromatic carbocycles. The second-order valence-electron chi connectivity index (χ2n) is 4.81. The fourth-order valence-electron chi connectivity index (χ4n) is 1.64. The van der Waals surface area contributed by atoms with Crippen LogP contribution in [0, 0.1) is 0 Å². The first-order valence-electron chi connectivity index (χ1n) is 6.71. The summed E-state index contributed by atoms with van der Waals surface area (Å²) in [5.41, 5.74) is 0. The van der Waals surface area contributed by atoms with Gasteiger partial charge in [-0.2, -0.15) is 4.31 Å². The van der Waals surface area contributed by atoms with E-state index in [-0.39, 0.29) is 23.4 Å². The predicted molar refractivity (Wildman–Crippen MR) is 85.9 cm³/mol. The number of hydrogen-bond donors (Lipinski definition) is 1. The number of rotatable bonds is 7. The lowest BCUT2D eigenvalue weighted by atomic mass is 10.2. The minimum Gasteiger partial charge on any atom is -0.353 e. The predicted octanol–water partition coefficient (Wildman–Crippen LogP) is 1.94. The van der Waals surface area contributed by atoms with Gasteiger partial charge in [0.05, 0.1) is 11.4 Å². The first-order chi connectivity index (χ1) is 9.81. The molecule has 0 bridgehead atoms. The number of carbonyl (C=O) groups excluding carboxylic acids is 1. The van der Waals surface area contributed by atoms with Gasteiger partial charge >= 0.3 is 0 Å². The van der Waals surface area contributed by atoms with Crippen LogP contribution < -0.4 is 5.32 Å². The average Bonchev–Trinajstić information content (AvgIpc) is 2.46. The summed E-state index contributed by atoms with van der Waals surface area (Å²) < 4.78 is 25.8. The molecule has 0 saturated carbocycles. The summed E-state index contributed by atoms with van der Waals surface area (Å²) in [6.07, 6.45) is 2.73. The molecule has 5 nitrogen and oxygen atoms in total. The first-order valence-corrected chi connectivity index (χ1v) is 9.37. The second-order valence-corrected chi connectivity index (χ2v) is 7.74. The third-order valence-corrected chi connectivity index (χ3v) is 5.71. The fourth-order valence-corrected chi connectivity index (χ4v) is 3.17. The third kappa shape index (κ3) is 5.01. The topological polar surface area (TPSA) is 66.5 Å². The fraction of sp³-hybridized carbons (Fsp3) is 0.500. The summed E-state index contributed by atoms with van der Waals surface area (Å²) in [4.78, 5) is 13.0. The Labute approximate surface area is 131 Å². The van der Waals surface area contributed by atoms with Crippen molar-refractivity contribution >= 4 is 27.7 Å². The van der Waals surface area contributed by atoms with E-state index < -0.39 is 10.0 Å². The molecule has 0 radical (unpaired) electrons. The van der Waals surface area contributed by atoms with Crippen molar-refractivity contribution in [2.24, 2.45) is 0 Å². The van der Waals surface area contributed by atoms with Crippen LogP contribution in [-0.2, 0) is 14.8 Å². The summed E-state index contributed by atoms with van der Waals surface area (Å²) >= 11 is 1.54. The van der Waals surface area contributed by atoms with Crippen LogP contribution in [-0.4, -0.2) is 44.5 Å². The van der Waals surface area contributed by atoms with Crippen LogP contribution in [0.2, 0.25) is 0 Å².